The molecule has 1 saturated carbocycles. The number of hydrogen-bond acceptors (Lipinski definition) is 9. The van der Waals surface area contributed by atoms with Crippen molar-refractivity contribution >= 4 is 40.5 Å². The van der Waals surface area contributed by atoms with Crippen molar-refractivity contribution in [2.24, 2.45) is 0 Å². The van der Waals surface area contributed by atoms with E-state index < -0.39 is 11.7 Å². The Hall–Kier alpha value is -4.65. The van der Waals surface area contributed by atoms with E-state index in [1.165, 1.54) is 23.0 Å². The number of likely N-dealkylation sites (N-methyl/N-ethyl adjacent to an activating group) is 1. The summed E-state index contributed by atoms with van der Waals surface area (Å²) in [6.07, 6.45) is 8.83. The molecule has 0 aromatic carbocycles. The molecule has 2 amide bonds. The van der Waals surface area contributed by atoms with Gasteiger partial charge in [-0.15, -0.1) is 5.10 Å². The highest BCUT2D eigenvalue weighted by molar-refractivity contribution is 6.03. The summed E-state index contributed by atoms with van der Waals surface area (Å²) in [5.74, 6) is -0.0964. The zero-order valence-corrected chi connectivity index (χ0v) is 21.3. The number of amides is 2. The van der Waals surface area contributed by atoms with Gasteiger partial charge in [0.05, 0.1) is 30.3 Å². The SMILES string of the molecule is CNCC(=O)NC1CCC(Nc2cc(Nc3ccccn3)c3ncc(C(=O)Nc4ccncc4F)n3n2)CC1. The van der Waals surface area contributed by atoms with Gasteiger partial charge >= 0.3 is 0 Å². The number of pyridine rings is 2. The van der Waals surface area contributed by atoms with Crippen molar-refractivity contribution < 1.29 is 14.0 Å². The first-order valence-electron chi connectivity index (χ1n) is 12.7. The Kier molecular flexibility index (Phi) is 7.87. The molecule has 4 aromatic rings. The van der Waals surface area contributed by atoms with Gasteiger partial charge in [0.15, 0.2) is 17.2 Å². The fraction of sp³-hybridized carbons (Fsp3) is 0.308. The average Bonchev–Trinajstić information content (AvgIpc) is 3.36. The van der Waals surface area contributed by atoms with Crippen LogP contribution in [0.15, 0.2) is 55.1 Å². The molecule has 0 aliphatic heterocycles. The summed E-state index contributed by atoms with van der Waals surface area (Å²) >= 11 is 0. The van der Waals surface area contributed by atoms with Gasteiger partial charge in [0.2, 0.25) is 5.91 Å². The molecule has 39 heavy (non-hydrogen) atoms. The number of anilines is 4. The quantitative estimate of drug-likeness (QED) is 0.219. The molecule has 1 aliphatic carbocycles. The van der Waals surface area contributed by atoms with E-state index in [9.17, 15) is 14.0 Å². The van der Waals surface area contributed by atoms with Crippen LogP contribution in [0.25, 0.3) is 5.65 Å². The molecule has 0 spiro atoms. The third kappa shape index (κ3) is 6.26. The largest absolute Gasteiger partial charge is 0.366 e. The normalized spacial score (nSPS) is 17.0. The maximum absolute atomic E-state index is 14.1. The molecule has 4 heterocycles. The summed E-state index contributed by atoms with van der Waals surface area (Å²) < 4.78 is 15.5. The molecule has 12 nitrogen and oxygen atoms in total. The number of imidazole rings is 1. The van der Waals surface area contributed by atoms with Crippen molar-refractivity contribution in [2.75, 3.05) is 29.5 Å². The fourth-order valence-corrected chi connectivity index (χ4v) is 4.55. The van der Waals surface area contributed by atoms with E-state index in [-0.39, 0.29) is 29.4 Å². The highest BCUT2D eigenvalue weighted by Gasteiger charge is 2.24. The molecule has 5 N–H and O–H groups in total. The number of fused-ring (bicyclic) bond motifs is 1. The topological polar surface area (TPSA) is 150 Å². The smallest absolute Gasteiger partial charge is 0.276 e. The minimum atomic E-state index is -0.648. The molecule has 0 bridgehead atoms. The van der Waals surface area contributed by atoms with E-state index in [2.05, 4.69) is 46.6 Å². The predicted molar refractivity (Wildman–Crippen MR) is 144 cm³/mol. The molecule has 202 valence electrons. The lowest BCUT2D eigenvalue weighted by Crippen LogP contribution is -2.43. The summed E-state index contributed by atoms with van der Waals surface area (Å²) in [6.45, 7) is 0.294. The van der Waals surface area contributed by atoms with E-state index >= 15 is 0 Å². The van der Waals surface area contributed by atoms with E-state index in [0.717, 1.165) is 31.9 Å². The highest BCUT2D eigenvalue weighted by Crippen LogP contribution is 2.27. The van der Waals surface area contributed by atoms with Gasteiger partial charge in [-0.3, -0.25) is 14.6 Å². The zero-order valence-electron chi connectivity index (χ0n) is 21.3. The zero-order chi connectivity index (χ0) is 27.2. The van der Waals surface area contributed by atoms with Crippen molar-refractivity contribution in [1.29, 1.82) is 0 Å². The van der Waals surface area contributed by atoms with Crippen LogP contribution in [0.5, 0.6) is 0 Å². The molecule has 1 aliphatic rings. The van der Waals surface area contributed by atoms with E-state index in [0.29, 0.717) is 29.5 Å². The molecule has 4 aromatic heterocycles. The van der Waals surface area contributed by atoms with Crippen LogP contribution in [-0.2, 0) is 4.79 Å². The maximum atomic E-state index is 14.1. The number of carbonyl (C=O) groups is 2. The third-order valence-corrected chi connectivity index (χ3v) is 6.43. The van der Waals surface area contributed by atoms with Gasteiger partial charge < -0.3 is 26.6 Å². The lowest BCUT2D eigenvalue weighted by atomic mass is 9.91. The number of aromatic nitrogens is 5. The van der Waals surface area contributed by atoms with Crippen molar-refractivity contribution in [3.63, 3.8) is 0 Å². The second-order valence-corrected chi connectivity index (χ2v) is 9.26. The molecule has 5 rings (SSSR count). The minimum Gasteiger partial charge on any atom is -0.366 e. The Morgan fingerprint density at radius 3 is 2.56 bits per heavy atom. The van der Waals surface area contributed by atoms with Gasteiger partial charge in [-0.25, -0.2) is 18.9 Å². The molecule has 1 fully saturated rings. The van der Waals surface area contributed by atoms with Gasteiger partial charge in [-0.2, -0.15) is 0 Å². The molecule has 0 saturated heterocycles. The highest BCUT2D eigenvalue weighted by atomic mass is 19.1. The Balaban J connectivity index is 1.39. The lowest BCUT2D eigenvalue weighted by molar-refractivity contribution is -0.121. The fourth-order valence-electron chi connectivity index (χ4n) is 4.55. The van der Waals surface area contributed by atoms with Gasteiger partial charge in [0, 0.05) is 30.5 Å². The molecular weight excluding hydrogens is 503 g/mol. The number of carbonyl (C=O) groups excluding carboxylic acids is 2. The van der Waals surface area contributed by atoms with Crippen LogP contribution >= 0.6 is 0 Å². The van der Waals surface area contributed by atoms with Gasteiger partial charge in [0.25, 0.3) is 5.91 Å². The first-order valence-corrected chi connectivity index (χ1v) is 12.7. The molecular formula is C26H29FN10O2. The first kappa shape index (κ1) is 26.0. The van der Waals surface area contributed by atoms with Gasteiger partial charge in [0.1, 0.15) is 11.6 Å². The lowest BCUT2D eigenvalue weighted by Gasteiger charge is -2.30. The standard InChI is InChI=1S/C26H29FN10O2/c1-28-15-24(38)33-17-7-5-16(6-8-17)32-23-12-20(34-22-4-2-3-10-30-22)25-31-14-21(37(25)36-23)26(39)35-19-9-11-29-13-18(19)27/h2-4,9-14,16-17,28H,5-8,15H2,1H3,(H,30,34)(H,32,36)(H,33,38)(H,29,35,39). The number of rotatable bonds is 9. The minimum absolute atomic E-state index is 0.00429. The Bertz CT molecular complexity index is 1450. The molecule has 0 unspecified atom stereocenters. The van der Waals surface area contributed by atoms with Crippen LogP contribution in [0.2, 0.25) is 0 Å². The van der Waals surface area contributed by atoms with Gasteiger partial charge in [-0.05, 0) is 50.9 Å². The van der Waals surface area contributed by atoms with E-state index in [1.807, 2.05) is 24.3 Å². The first-order chi connectivity index (χ1) is 19.0. The number of hydrogen-bond donors (Lipinski definition) is 5. The summed E-state index contributed by atoms with van der Waals surface area (Å²) in [5.41, 5.74) is 1.13. The second kappa shape index (κ2) is 11.8. The van der Waals surface area contributed by atoms with Crippen molar-refractivity contribution in [1.82, 2.24) is 35.2 Å². The third-order valence-electron chi connectivity index (χ3n) is 6.43. The van der Waals surface area contributed by atoms with Crippen molar-refractivity contribution in [3.8, 4) is 0 Å². The van der Waals surface area contributed by atoms with Crippen molar-refractivity contribution in [2.45, 2.75) is 37.8 Å². The molecule has 13 heteroatoms. The van der Waals surface area contributed by atoms with Crippen LogP contribution in [0, 0.1) is 5.82 Å². The Labute approximate surface area is 223 Å². The Morgan fingerprint density at radius 2 is 1.82 bits per heavy atom. The summed E-state index contributed by atoms with van der Waals surface area (Å²) in [7, 11) is 1.74. The van der Waals surface area contributed by atoms with Crippen LogP contribution in [0.4, 0.5) is 27.4 Å². The van der Waals surface area contributed by atoms with Gasteiger partial charge in [-0.1, -0.05) is 6.07 Å². The van der Waals surface area contributed by atoms with Crippen LogP contribution in [0.1, 0.15) is 36.2 Å². The number of nitrogens with zero attached hydrogens (tertiary/aromatic N) is 5. The Morgan fingerprint density at radius 1 is 1.00 bits per heavy atom. The van der Waals surface area contributed by atoms with E-state index in [4.69, 9.17) is 0 Å². The van der Waals surface area contributed by atoms with Crippen molar-refractivity contribution in [3.05, 3.63) is 66.6 Å². The maximum Gasteiger partial charge on any atom is 0.276 e. The monoisotopic (exact) mass is 532 g/mol. The summed E-state index contributed by atoms with van der Waals surface area (Å²) in [4.78, 5) is 37.4. The number of nitrogens with one attached hydrogen (secondary N) is 5. The van der Waals surface area contributed by atoms with Crippen LogP contribution in [0.3, 0.4) is 0 Å². The summed E-state index contributed by atoms with van der Waals surface area (Å²) in [5, 5.41) is 19.8. The van der Waals surface area contributed by atoms with Crippen LogP contribution in [-0.4, -0.2) is 62.1 Å². The average molecular weight is 533 g/mol. The number of halogens is 1. The predicted octanol–water partition coefficient (Wildman–Crippen LogP) is 2.71. The van der Waals surface area contributed by atoms with E-state index in [1.54, 1.807) is 13.2 Å². The second-order valence-electron chi connectivity index (χ2n) is 9.26. The van der Waals surface area contributed by atoms with Crippen LogP contribution < -0.4 is 26.6 Å². The summed E-state index contributed by atoms with van der Waals surface area (Å²) in [6, 6.07) is 8.95. The molecule has 0 atom stereocenters. The molecule has 0 radical (unpaired) electrons.